The van der Waals surface area contributed by atoms with Crippen LogP contribution in [0.25, 0.3) is 0 Å². The highest BCUT2D eigenvalue weighted by Crippen LogP contribution is 2.47. The molecule has 3 aliphatic rings. The molecule has 4 atom stereocenters. The number of carbonyl (C=O) groups excluding carboxylic acids is 2. The van der Waals surface area contributed by atoms with Gasteiger partial charge in [-0.3, -0.25) is 9.59 Å². The van der Waals surface area contributed by atoms with E-state index in [0.29, 0.717) is 29.2 Å². The number of nitrogens with zero attached hydrogens (tertiary/aromatic N) is 1. The van der Waals surface area contributed by atoms with Crippen LogP contribution in [0.5, 0.6) is 17.2 Å². The largest absolute Gasteiger partial charge is 0.486 e. The van der Waals surface area contributed by atoms with E-state index >= 15 is 0 Å². The van der Waals surface area contributed by atoms with E-state index in [-0.39, 0.29) is 38.3 Å². The van der Waals surface area contributed by atoms with Crippen molar-refractivity contribution in [1.82, 2.24) is 10.2 Å². The van der Waals surface area contributed by atoms with E-state index < -0.39 is 24.2 Å². The number of benzene rings is 2. The summed E-state index contributed by atoms with van der Waals surface area (Å²) in [5.74, 6) is 0.637. The zero-order valence-corrected chi connectivity index (χ0v) is 20.5. The van der Waals surface area contributed by atoms with E-state index in [0.717, 1.165) is 11.1 Å². The summed E-state index contributed by atoms with van der Waals surface area (Å²) in [6.07, 6.45) is 3.71. The maximum absolute atomic E-state index is 13.4. The van der Waals surface area contributed by atoms with Gasteiger partial charge in [-0.2, -0.15) is 0 Å². The summed E-state index contributed by atoms with van der Waals surface area (Å²) in [6.45, 7) is 2.11. The van der Waals surface area contributed by atoms with Gasteiger partial charge in [0.15, 0.2) is 11.5 Å². The molecule has 194 valence electrons. The number of rotatable bonds is 8. The molecule has 0 radical (unpaired) electrons. The van der Waals surface area contributed by atoms with Crippen LogP contribution in [0.15, 0.2) is 66.3 Å². The fourth-order valence-corrected chi connectivity index (χ4v) is 5.07. The number of fused-ring (bicyclic) bond motifs is 4. The molecule has 0 spiro atoms. The third-order valence-electron chi connectivity index (χ3n) is 6.81. The number of hydrogen-bond donors (Lipinski definition) is 3. The first-order valence-corrected chi connectivity index (χ1v) is 12.4. The summed E-state index contributed by atoms with van der Waals surface area (Å²) in [7, 11) is 0. The van der Waals surface area contributed by atoms with Crippen molar-refractivity contribution in [2.45, 2.75) is 44.1 Å². The van der Waals surface area contributed by atoms with Crippen LogP contribution in [-0.2, 0) is 16.1 Å². The molecule has 0 unspecified atom stereocenters. The van der Waals surface area contributed by atoms with Gasteiger partial charge in [0.05, 0.1) is 18.6 Å². The zero-order valence-electron chi connectivity index (χ0n) is 20.5. The average molecular weight is 507 g/mol. The van der Waals surface area contributed by atoms with Gasteiger partial charge >= 0.3 is 0 Å². The lowest BCUT2D eigenvalue weighted by molar-refractivity contribution is -0.133. The van der Waals surface area contributed by atoms with Crippen LogP contribution in [0.4, 0.5) is 0 Å². The van der Waals surface area contributed by atoms with Crippen LogP contribution in [-0.4, -0.2) is 65.1 Å². The zero-order chi connectivity index (χ0) is 25.9. The monoisotopic (exact) mass is 506 g/mol. The average Bonchev–Trinajstić information content (AvgIpc) is 3.54. The van der Waals surface area contributed by atoms with Crippen LogP contribution >= 0.6 is 0 Å². The van der Waals surface area contributed by atoms with Gasteiger partial charge in [0, 0.05) is 24.2 Å². The lowest BCUT2D eigenvalue weighted by Crippen LogP contribution is -2.55. The third-order valence-corrected chi connectivity index (χ3v) is 6.81. The number of allylic oxidation sites excluding steroid dienone is 1. The smallest absolute Gasteiger partial charge is 0.247 e. The first kappa shape index (κ1) is 24.9. The molecule has 9 heteroatoms. The number of aliphatic hydroxyl groups excluding tert-OH is 2. The highest BCUT2D eigenvalue weighted by molar-refractivity contribution is 5.96. The van der Waals surface area contributed by atoms with E-state index in [1.165, 1.54) is 11.0 Å². The minimum absolute atomic E-state index is 0.0857. The molecule has 37 heavy (non-hydrogen) atoms. The molecule has 3 N–H and O–H groups in total. The van der Waals surface area contributed by atoms with Gasteiger partial charge in [0.1, 0.15) is 18.0 Å². The van der Waals surface area contributed by atoms with Crippen molar-refractivity contribution in [2.75, 3.05) is 19.9 Å². The molecular weight excluding hydrogens is 476 g/mol. The van der Waals surface area contributed by atoms with Crippen molar-refractivity contribution in [1.29, 1.82) is 0 Å². The van der Waals surface area contributed by atoms with Crippen molar-refractivity contribution in [2.24, 2.45) is 0 Å². The van der Waals surface area contributed by atoms with Crippen LogP contribution in [0.2, 0.25) is 0 Å². The fourth-order valence-electron chi connectivity index (χ4n) is 5.07. The molecule has 2 aromatic rings. The molecule has 2 aromatic carbocycles. The van der Waals surface area contributed by atoms with Crippen LogP contribution in [0.1, 0.15) is 30.4 Å². The fraction of sp³-hybridized carbons (Fsp3) is 0.357. The number of aliphatic hydroxyl groups is 2. The highest BCUT2D eigenvalue weighted by atomic mass is 16.7. The number of hydrogen-bond acceptors (Lipinski definition) is 7. The molecule has 0 saturated heterocycles. The second-order valence-electron chi connectivity index (χ2n) is 9.15. The van der Waals surface area contributed by atoms with Gasteiger partial charge in [-0.05, 0) is 42.3 Å². The lowest BCUT2D eigenvalue weighted by atomic mass is 9.77. The Balaban J connectivity index is 1.54. The molecular formula is C28H30N2O7. The predicted octanol–water partition coefficient (Wildman–Crippen LogP) is 2.03. The highest BCUT2D eigenvalue weighted by Gasteiger charge is 2.50. The second-order valence-corrected chi connectivity index (χ2v) is 9.15. The van der Waals surface area contributed by atoms with Crippen molar-refractivity contribution in [3.8, 4) is 17.2 Å². The maximum atomic E-state index is 13.4. The minimum atomic E-state index is -1.10. The molecule has 0 bridgehead atoms. The van der Waals surface area contributed by atoms with Gasteiger partial charge in [0.25, 0.3) is 0 Å². The van der Waals surface area contributed by atoms with E-state index in [4.69, 9.17) is 14.2 Å². The molecule has 0 saturated carbocycles. The molecule has 5 rings (SSSR count). The van der Waals surface area contributed by atoms with Crippen LogP contribution in [0.3, 0.4) is 0 Å². The quantitative estimate of drug-likeness (QED) is 0.469. The van der Waals surface area contributed by atoms with Crippen LogP contribution in [0, 0.1) is 0 Å². The Morgan fingerprint density at radius 2 is 1.95 bits per heavy atom. The van der Waals surface area contributed by atoms with Gasteiger partial charge in [0.2, 0.25) is 18.6 Å². The normalized spacial score (nSPS) is 23.2. The summed E-state index contributed by atoms with van der Waals surface area (Å²) in [6, 6.07) is 12.0. The Hall–Kier alpha value is -3.82. The SMILES string of the molecule is CCC=CC(=O)N(Cc1ccc2c(c1)OCO2)[C@@H]1C=C(C(=O)NCCO)[C@@H]2c3ccccc3O[C@@H]2[C@H]1O. The number of carbonyl (C=O) groups is 2. The Kier molecular flexibility index (Phi) is 7.16. The number of nitrogens with one attached hydrogen (secondary N) is 1. The summed E-state index contributed by atoms with van der Waals surface area (Å²) in [4.78, 5) is 28.2. The Bertz CT molecular complexity index is 1240. The Morgan fingerprint density at radius 3 is 2.76 bits per heavy atom. The van der Waals surface area contributed by atoms with Gasteiger partial charge in [-0.25, -0.2) is 0 Å². The van der Waals surface area contributed by atoms with Gasteiger partial charge in [-0.1, -0.05) is 37.3 Å². The molecule has 1 aliphatic carbocycles. The lowest BCUT2D eigenvalue weighted by Gasteiger charge is -2.40. The number of amides is 2. The standard InChI is InChI=1S/C28H30N2O7/c1-2-3-8-24(32)30(15-17-9-10-22-23(13-17)36-16-35-22)20-14-19(28(34)29-11-12-31)25-18-6-4-5-7-21(18)37-27(25)26(20)33/h3-10,13-14,20,25-27,31,33H,2,11-12,15-16H2,1H3,(H,29,34)/t20-,25+,26+,27+/m1/s1. The number of ether oxygens (including phenoxy) is 3. The molecule has 2 heterocycles. The molecule has 9 nitrogen and oxygen atoms in total. The van der Waals surface area contributed by atoms with E-state index in [9.17, 15) is 19.8 Å². The predicted molar refractivity (Wildman–Crippen MR) is 134 cm³/mol. The Labute approximate surface area is 214 Å². The molecule has 0 fully saturated rings. The third kappa shape index (κ3) is 4.80. The van der Waals surface area contributed by atoms with Crippen molar-refractivity contribution < 1.29 is 34.0 Å². The van der Waals surface area contributed by atoms with Gasteiger partial charge < -0.3 is 34.6 Å². The number of para-hydroxylation sites is 1. The van der Waals surface area contributed by atoms with E-state index in [1.807, 2.05) is 37.3 Å². The molecule has 0 aromatic heterocycles. The van der Waals surface area contributed by atoms with Gasteiger partial charge in [-0.15, -0.1) is 0 Å². The topological polar surface area (TPSA) is 118 Å². The Morgan fingerprint density at radius 1 is 1.14 bits per heavy atom. The van der Waals surface area contributed by atoms with Crippen molar-refractivity contribution in [3.63, 3.8) is 0 Å². The summed E-state index contributed by atoms with van der Waals surface area (Å²) >= 11 is 0. The van der Waals surface area contributed by atoms with Crippen LogP contribution < -0.4 is 19.5 Å². The second kappa shape index (κ2) is 10.7. The van der Waals surface area contributed by atoms with Crippen molar-refractivity contribution >= 4 is 11.8 Å². The summed E-state index contributed by atoms with van der Waals surface area (Å²) < 4.78 is 17.0. The first-order chi connectivity index (χ1) is 18.0. The van der Waals surface area contributed by atoms with E-state index in [1.54, 1.807) is 24.3 Å². The van der Waals surface area contributed by atoms with Crippen molar-refractivity contribution in [3.05, 3.63) is 77.4 Å². The molecule has 2 amide bonds. The summed E-state index contributed by atoms with van der Waals surface area (Å²) in [5, 5.41) is 23.5. The first-order valence-electron chi connectivity index (χ1n) is 12.4. The minimum Gasteiger partial charge on any atom is -0.486 e. The maximum Gasteiger partial charge on any atom is 0.247 e. The summed E-state index contributed by atoms with van der Waals surface area (Å²) in [5.41, 5.74) is 1.98. The molecule has 2 aliphatic heterocycles. The van der Waals surface area contributed by atoms with E-state index in [2.05, 4.69) is 5.32 Å².